The third-order valence-corrected chi connectivity index (χ3v) is 5.41. The second kappa shape index (κ2) is 9.41. The Hall–Kier alpha value is -2.70. The van der Waals surface area contributed by atoms with Crippen LogP contribution in [0.3, 0.4) is 0 Å². The standard InChI is InChI=1S/C23H27ClN4O2/c1-15(2)14-28-23(30)17-10-6-5-9-16(17)21(26-28)22(29)25-13-20(27(3)4)18-11-7-8-12-19(18)24/h5-12,15,20H,13-14H2,1-4H3,(H,25,29)/p+1/t20-/m1/s1. The van der Waals surface area contributed by atoms with Gasteiger partial charge in [-0.3, -0.25) is 9.59 Å². The molecule has 30 heavy (non-hydrogen) atoms. The number of carbonyl (C=O) groups is 1. The number of quaternary nitrogens is 1. The zero-order valence-corrected chi connectivity index (χ0v) is 18.5. The number of carbonyl (C=O) groups excluding carboxylic acids is 1. The Morgan fingerprint density at radius 3 is 2.37 bits per heavy atom. The Morgan fingerprint density at radius 1 is 1.10 bits per heavy atom. The molecule has 7 heteroatoms. The Bertz CT molecular complexity index is 1110. The molecule has 0 aliphatic carbocycles. The maximum absolute atomic E-state index is 13.1. The molecular weight excluding hydrogens is 400 g/mol. The molecule has 3 aromatic rings. The van der Waals surface area contributed by atoms with Gasteiger partial charge < -0.3 is 10.2 Å². The van der Waals surface area contributed by atoms with Crippen molar-refractivity contribution in [2.24, 2.45) is 5.92 Å². The van der Waals surface area contributed by atoms with Gasteiger partial charge >= 0.3 is 0 Å². The SMILES string of the molecule is CC(C)Cn1nc(C(=O)NC[C@H](c2ccccc2Cl)[NH+](C)C)c2ccccc2c1=O. The van der Waals surface area contributed by atoms with Gasteiger partial charge in [-0.1, -0.05) is 61.8 Å². The fourth-order valence-corrected chi connectivity index (χ4v) is 3.80. The highest BCUT2D eigenvalue weighted by atomic mass is 35.5. The lowest BCUT2D eigenvalue weighted by Crippen LogP contribution is -3.07. The van der Waals surface area contributed by atoms with E-state index in [-0.39, 0.29) is 29.1 Å². The zero-order valence-electron chi connectivity index (χ0n) is 17.8. The summed E-state index contributed by atoms with van der Waals surface area (Å²) in [7, 11) is 4.05. The van der Waals surface area contributed by atoms with E-state index >= 15 is 0 Å². The topological polar surface area (TPSA) is 68.4 Å². The molecule has 0 saturated heterocycles. The Morgan fingerprint density at radius 2 is 1.73 bits per heavy atom. The van der Waals surface area contributed by atoms with E-state index < -0.39 is 0 Å². The van der Waals surface area contributed by atoms with Crippen LogP contribution in [0.5, 0.6) is 0 Å². The molecule has 1 amide bonds. The van der Waals surface area contributed by atoms with E-state index in [0.717, 1.165) is 10.5 Å². The van der Waals surface area contributed by atoms with Crippen LogP contribution < -0.4 is 15.8 Å². The molecule has 1 atom stereocenters. The molecule has 0 bridgehead atoms. The third kappa shape index (κ3) is 4.71. The summed E-state index contributed by atoms with van der Waals surface area (Å²) in [4.78, 5) is 27.0. The van der Waals surface area contributed by atoms with Crippen LogP contribution in [0.2, 0.25) is 5.02 Å². The third-order valence-electron chi connectivity index (χ3n) is 5.07. The summed E-state index contributed by atoms with van der Waals surface area (Å²) in [6, 6.07) is 14.8. The van der Waals surface area contributed by atoms with Crippen LogP contribution in [0.4, 0.5) is 0 Å². The summed E-state index contributed by atoms with van der Waals surface area (Å²) >= 11 is 6.38. The molecule has 0 unspecified atom stereocenters. The van der Waals surface area contributed by atoms with Crippen molar-refractivity contribution >= 4 is 28.3 Å². The van der Waals surface area contributed by atoms with Gasteiger partial charge in [-0.2, -0.15) is 5.10 Å². The van der Waals surface area contributed by atoms with Crippen LogP contribution in [0.25, 0.3) is 10.8 Å². The molecule has 2 aromatic carbocycles. The van der Waals surface area contributed by atoms with E-state index in [1.807, 2.05) is 58.3 Å². The predicted octanol–water partition coefficient (Wildman–Crippen LogP) is 2.32. The van der Waals surface area contributed by atoms with Gasteiger partial charge in [-0.25, -0.2) is 4.68 Å². The highest BCUT2D eigenvalue weighted by Gasteiger charge is 2.23. The van der Waals surface area contributed by atoms with Crippen molar-refractivity contribution < 1.29 is 9.69 Å². The first-order chi connectivity index (χ1) is 14.3. The van der Waals surface area contributed by atoms with Crippen molar-refractivity contribution in [1.82, 2.24) is 15.1 Å². The normalized spacial score (nSPS) is 12.5. The largest absolute Gasteiger partial charge is 0.344 e. The van der Waals surface area contributed by atoms with Crippen molar-refractivity contribution in [3.05, 3.63) is 75.2 Å². The van der Waals surface area contributed by atoms with Crippen LogP contribution in [0, 0.1) is 5.92 Å². The van der Waals surface area contributed by atoms with Gasteiger partial charge in [-0.15, -0.1) is 0 Å². The molecule has 0 radical (unpaired) electrons. The van der Waals surface area contributed by atoms with Crippen LogP contribution >= 0.6 is 11.6 Å². The average molecular weight is 428 g/mol. The molecule has 158 valence electrons. The van der Waals surface area contributed by atoms with Crippen molar-refractivity contribution in [3.8, 4) is 0 Å². The highest BCUT2D eigenvalue weighted by molar-refractivity contribution is 6.31. The number of hydrogen-bond acceptors (Lipinski definition) is 3. The summed E-state index contributed by atoms with van der Waals surface area (Å²) in [6.07, 6.45) is 0. The number of likely N-dealkylation sites (N-methyl/N-ethyl adjacent to an activating group) is 1. The minimum absolute atomic E-state index is 0.0181. The molecule has 6 nitrogen and oxygen atoms in total. The average Bonchev–Trinajstić information content (AvgIpc) is 2.71. The van der Waals surface area contributed by atoms with Crippen molar-refractivity contribution in [1.29, 1.82) is 0 Å². The number of fused-ring (bicyclic) bond motifs is 1. The summed E-state index contributed by atoms with van der Waals surface area (Å²) in [5, 5.41) is 9.15. The van der Waals surface area contributed by atoms with Crippen molar-refractivity contribution in [2.45, 2.75) is 26.4 Å². The number of hydrogen-bond donors (Lipinski definition) is 2. The highest BCUT2D eigenvalue weighted by Crippen LogP contribution is 2.20. The number of rotatable bonds is 7. The van der Waals surface area contributed by atoms with Gasteiger partial charge in [0.05, 0.1) is 26.0 Å². The molecule has 2 N–H and O–H groups in total. The molecule has 1 aromatic heterocycles. The van der Waals surface area contributed by atoms with E-state index in [1.54, 1.807) is 18.2 Å². The Kier molecular flexibility index (Phi) is 6.90. The Labute approximate surface area is 181 Å². The van der Waals surface area contributed by atoms with Crippen molar-refractivity contribution in [2.75, 3.05) is 20.6 Å². The van der Waals surface area contributed by atoms with Gasteiger partial charge in [0.15, 0.2) is 5.69 Å². The van der Waals surface area contributed by atoms with E-state index in [4.69, 9.17) is 11.6 Å². The van der Waals surface area contributed by atoms with E-state index in [1.165, 1.54) is 4.68 Å². The van der Waals surface area contributed by atoms with Gasteiger partial charge in [-0.05, 0) is 18.1 Å². The van der Waals surface area contributed by atoms with E-state index in [2.05, 4.69) is 10.4 Å². The first kappa shape index (κ1) is 22.0. The van der Waals surface area contributed by atoms with E-state index in [9.17, 15) is 9.59 Å². The molecular formula is C23H28ClN4O2+. The molecule has 1 heterocycles. The maximum Gasteiger partial charge on any atom is 0.274 e. The lowest BCUT2D eigenvalue weighted by molar-refractivity contribution is -0.890. The molecule has 0 fully saturated rings. The van der Waals surface area contributed by atoms with Crippen LogP contribution in [-0.2, 0) is 6.54 Å². The summed E-state index contributed by atoms with van der Waals surface area (Å²) in [6.45, 7) is 4.87. The second-order valence-electron chi connectivity index (χ2n) is 8.14. The van der Waals surface area contributed by atoms with Crippen LogP contribution in [0.15, 0.2) is 53.3 Å². The lowest BCUT2D eigenvalue weighted by Gasteiger charge is -2.23. The van der Waals surface area contributed by atoms with Crippen LogP contribution in [-0.4, -0.2) is 36.3 Å². The molecule has 3 rings (SSSR count). The number of aromatic nitrogens is 2. The summed E-state index contributed by atoms with van der Waals surface area (Å²) in [5.41, 5.74) is 1.06. The summed E-state index contributed by atoms with van der Waals surface area (Å²) < 4.78 is 1.39. The van der Waals surface area contributed by atoms with E-state index in [0.29, 0.717) is 28.9 Å². The molecule has 0 saturated carbocycles. The lowest BCUT2D eigenvalue weighted by atomic mass is 10.1. The number of halogens is 1. The predicted molar refractivity (Wildman–Crippen MR) is 120 cm³/mol. The van der Waals surface area contributed by atoms with Crippen molar-refractivity contribution in [3.63, 3.8) is 0 Å². The monoisotopic (exact) mass is 427 g/mol. The van der Waals surface area contributed by atoms with Gasteiger partial charge in [0.1, 0.15) is 6.04 Å². The second-order valence-corrected chi connectivity index (χ2v) is 8.54. The van der Waals surface area contributed by atoms with Gasteiger partial charge in [0.25, 0.3) is 11.5 Å². The van der Waals surface area contributed by atoms with Gasteiger partial charge in [0, 0.05) is 22.5 Å². The maximum atomic E-state index is 13.1. The zero-order chi connectivity index (χ0) is 21.8. The quantitative estimate of drug-likeness (QED) is 0.608. The number of nitrogens with one attached hydrogen (secondary N) is 2. The first-order valence-electron chi connectivity index (χ1n) is 10.1. The van der Waals surface area contributed by atoms with Crippen LogP contribution in [0.1, 0.15) is 35.9 Å². The first-order valence-corrected chi connectivity index (χ1v) is 10.5. The number of amides is 1. The number of benzene rings is 2. The Balaban J connectivity index is 1.93. The summed E-state index contributed by atoms with van der Waals surface area (Å²) in [5.74, 6) is -0.0729. The molecule has 0 aliphatic heterocycles. The minimum atomic E-state index is -0.304. The molecule has 0 spiro atoms. The number of nitrogens with zero attached hydrogens (tertiary/aromatic N) is 2. The smallest absolute Gasteiger partial charge is 0.274 e. The fraction of sp³-hybridized carbons (Fsp3) is 0.348. The minimum Gasteiger partial charge on any atom is -0.344 e. The fourth-order valence-electron chi connectivity index (χ4n) is 3.53. The van der Waals surface area contributed by atoms with Gasteiger partial charge in [0.2, 0.25) is 0 Å². The molecule has 0 aliphatic rings.